The molecule has 0 bridgehead atoms. The molecule has 0 saturated carbocycles. The highest BCUT2D eigenvalue weighted by molar-refractivity contribution is 7.58. The molecule has 1 amide bonds. The van der Waals surface area contributed by atoms with Gasteiger partial charge in [0, 0.05) is 13.5 Å². The molecule has 5 N–H and O–H groups in total. The van der Waals surface area contributed by atoms with Crippen LogP contribution in [-0.4, -0.2) is 51.9 Å². The summed E-state index contributed by atoms with van der Waals surface area (Å²) in [6, 6.07) is 8.13. The Bertz CT molecular complexity index is 651. The average Bonchev–Trinajstić information content (AvgIpc) is 2.55. The maximum Gasteiger partial charge on any atom is 0.322 e. The number of aliphatic carboxylic acids is 1. The van der Waals surface area contributed by atoms with Crippen molar-refractivity contribution in [2.75, 3.05) is 13.2 Å². The molecule has 0 heterocycles. The number of likely N-dealkylation sites (N-methyl/N-ethyl adjacent to an activating group) is 1. The molecule has 0 saturated heterocycles. The fraction of sp³-hybridized carbons (Fsp3) is 0.529. The summed E-state index contributed by atoms with van der Waals surface area (Å²) in [7, 11) is -2.69. The van der Waals surface area contributed by atoms with E-state index in [1.807, 2.05) is 30.3 Å². The lowest BCUT2D eigenvalue weighted by molar-refractivity contribution is -0.142. The topological polar surface area (TPSA) is 133 Å². The lowest BCUT2D eigenvalue weighted by Gasteiger charge is -2.30. The van der Waals surface area contributed by atoms with Crippen molar-refractivity contribution in [3.63, 3.8) is 0 Å². The van der Waals surface area contributed by atoms with Gasteiger partial charge in [0.2, 0.25) is 13.3 Å². The molecule has 1 rings (SSSR count). The van der Waals surface area contributed by atoms with Crippen LogP contribution in [0.2, 0.25) is 0 Å². The number of hydrazine groups is 1. The third kappa shape index (κ3) is 6.88. The van der Waals surface area contributed by atoms with E-state index in [1.165, 1.54) is 7.05 Å². The maximum absolute atomic E-state index is 12.8. The molecule has 0 fully saturated rings. The predicted molar refractivity (Wildman–Crippen MR) is 99.6 cm³/mol. The SMILES string of the molecule is CC(C)C(NC(=O)CCc1ccccc1)P(=O)(O)C[C@H](C(=O)O)N(C)N. The van der Waals surface area contributed by atoms with Gasteiger partial charge in [-0.1, -0.05) is 44.2 Å². The van der Waals surface area contributed by atoms with Gasteiger partial charge in [-0.2, -0.15) is 0 Å². The van der Waals surface area contributed by atoms with Crippen molar-refractivity contribution in [2.24, 2.45) is 11.8 Å². The van der Waals surface area contributed by atoms with Gasteiger partial charge in [-0.05, 0) is 17.9 Å². The van der Waals surface area contributed by atoms with Crippen LogP contribution in [0, 0.1) is 5.92 Å². The second kappa shape index (κ2) is 9.83. The number of amides is 1. The van der Waals surface area contributed by atoms with Crippen molar-refractivity contribution < 1.29 is 24.2 Å². The first-order valence-electron chi connectivity index (χ1n) is 8.39. The number of carboxylic acid groups (broad SMARTS) is 1. The van der Waals surface area contributed by atoms with E-state index in [1.54, 1.807) is 13.8 Å². The van der Waals surface area contributed by atoms with Gasteiger partial charge in [-0.3, -0.25) is 20.0 Å². The zero-order chi connectivity index (χ0) is 19.9. The third-order valence-corrected chi connectivity index (χ3v) is 6.53. The first kappa shape index (κ1) is 22.3. The van der Waals surface area contributed by atoms with Gasteiger partial charge in [0.1, 0.15) is 11.8 Å². The number of hydrogen-bond donors (Lipinski definition) is 4. The van der Waals surface area contributed by atoms with E-state index in [9.17, 15) is 24.2 Å². The van der Waals surface area contributed by atoms with Gasteiger partial charge in [-0.25, -0.2) is 5.01 Å². The number of nitrogens with one attached hydrogen (secondary N) is 1. The van der Waals surface area contributed by atoms with Gasteiger partial charge in [0.15, 0.2) is 0 Å². The number of carbonyl (C=O) groups is 2. The molecule has 0 radical (unpaired) electrons. The second-order valence-corrected chi connectivity index (χ2v) is 9.13. The first-order valence-corrected chi connectivity index (χ1v) is 10.3. The highest BCUT2D eigenvalue weighted by Crippen LogP contribution is 2.48. The number of rotatable bonds is 10. The largest absolute Gasteiger partial charge is 0.480 e. The highest BCUT2D eigenvalue weighted by atomic mass is 31.2. The summed E-state index contributed by atoms with van der Waals surface area (Å²) in [6.07, 6.45) is 0.139. The summed E-state index contributed by atoms with van der Waals surface area (Å²) >= 11 is 0. The standard InChI is InChI=1S/C17H28N3O5P/c1-12(2)16(26(24,25)11-14(17(22)23)20(3)18)19-15(21)10-9-13-7-5-4-6-8-13/h4-8,12,14,16H,9-11,18H2,1-3H3,(H,19,21)(H,22,23)(H,24,25)/t14-,16?/m1/s1. The number of carbonyl (C=O) groups excluding carboxylic acids is 1. The van der Waals surface area contributed by atoms with E-state index in [4.69, 9.17) is 5.84 Å². The quantitative estimate of drug-likeness (QED) is 0.271. The first-order chi connectivity index (χ1) is 12.0. The van der Waals surface area contributed by atoms with Crippen LogP contribution in [-0.2, 0) is 20.6 Å². The predicted octanol–water partition coefficient (Wildman–Crippen LogP) is 1.25. The highest BCUT2D eigenvalue weighted by Gasteiger charge is 2.39. The molecule has 1 aromatic carbocycles. The molecule has 0 spiro atoms. The van der Waals surface area contributed by atoms with E-state index in [-0.39, 0.29) is 18.2 Å². The summed E-state index contributed by atoms with van der Waals surface area (Å²) in [5, 5.41) is 12.7. The van der Waals surface area contributed by atoms with Crippen molar-refractivity contribution in [3.8, 4) is 0 Å². The Kier molecular flexibility index (Phi) is 8.43. The molecule has 8 nitrogen and oxygen atoms in total. The van der Waals surface area contributed by atoms with Crippen LogP contribution in [0.5, 0.6) is 0 Å². The number of benzene rings is 1. The van der Waals surface area contributed by atoms with Crippen molar-refractivity contribution >= 4 is 19.2 Å². The lowest BCUT2D eigenvalue weighted by Crippen LogP contribution is -2.47. The molecule has 0 aliphatic rings. The van der Waals surface area contributed by atoms with E-state index < -0.39 is 31.3 Å². The third-order valence-electron chi connectivity index (χ3n) is 4.07. The van der Waals surface area contributed by atoms with Gasteiger partial charge in [0.05, 0.1) is 6.16 Å². The fourth-order valence-corrected chi connectivity index (χ4v) is 5.03. The van der Waals surface area contributed by atoms with Gasteiger partial charge in [0.25, 0.3) is 0 Å². The van der Waals surface area contributed by atoms with E-state index in [2.05, 4.69) is 5.32 Å². The number of nitrogens with zero attached hydrogens (tertiary/aromatic N) is 1. The summed E-state index contributed by atoms with van der Waals surface area (Å²) in [5.74, 6) is 2.45. The zero-order valence-electron chi connectivity index (χ0n) is 15.3. The summed E-state index contributed by atoms with van der Waals surface area (Å²) in [6.45, 7) is 3.40. The van der Waals surface area contributed by atoms with Gasteiger partial charge >= 0.3 is 5.97 Å². The minimum Gasteiger partial charge on any atom is -0.480 e. The number of nitrogens with two attached hydrogens (primary N) is 1. The summed E-state index contributed by atoms with van der Waals surface area (Å²) in [5.41, 5.74) is 0.992. The molecule has 146 valence electrons. The van der Waals surface area contributed by atoms with Crippen LogP contribution < -0.4 is 11.2 Å². The summed E-state index contributed by atoms with van der Waals surface area (Å²) in [4.78, 5) is 33.9. The Labute approximate surface area is 153 Å². The number of aryl methyl sites for hydroxylation is 1. The maximum atomic E-state index is 12.8. The van der Waals surface area contributed by atoms with Crippen LogP contribution in [0.3, 0.4) is 0 Å². The van der Waals surface area contributed by atoms with Crippen LogP contribution in [0.4, 0.5) is 0 Å². The molecule has 3 atom stereocenters. The molecule has 0 aromatic heterocycles. The van der Waals surface area contributed by atoms with E-state index in [0.29, 0.717) is 6.42 Å². The smallest absolute Gasteiger partial charge is 0.322 e. The van der Waals surface area contributed by atoms with Crippen molar-refractivity contribution in [1.82, 2.24) is 10.3 Å². The van der Waals surface area contributed by atoms with E-state index in [0.717, 1.165) is 10.6 Å². The van der Waals surface area contributed by atoms with Crippen molar-refractivity contribution in [2.45, 2.75) is 38.5 Å². The Morgan fingerprint density at radius 2 is 1.85 bits per heavy atom. The Hall–Kier alpha value is -1.73. The molecule has 0 aliphatic carbocycles. The Morgan fingerprint density at radius 3 is 2.31 bits per heavy atom. The second-order valence-electron chi connectivity index (χ2n) is 6.70. The number of hydrogen-bond acceptors (Lipinski definition) is 5. The van der Waals surface area contributed by atoms with Crippen molar-refractivity contribution in [3.05, 3.63) is 35.9 Å². The van der Waals surface area contributed by atoms with Crippen LogP contribution in [0.15, 0.2) is 30.3 Å². The monoisotopic (exact) mass is 385 g/mol. The Balaban J connectivity index is 2.78. The van der Waals surface area contributed by atoms with Crippen molar-refractivity contribution in [1.29, 1.82) is 0 Å². The van der Waals surface area contributed by atoms with Crippen LogP contribution >= 0.6 is 7.37 Å². The summed E-state index contributed by atoms with van der Waals surface area (Å²) < 4.78 is 12.8. The average molecular weight is 385 g/mol. The normalized spacial score (nSPS) is 16.1. The number of carboxylic acids is 1. The molecule has 9 heteroatoms. The minimum absolute atomic E-state index is 0.173. The van der Waals surface area contributed by atoms with Gasteiger partial charge in [-0.15, -0.1) is 0 Å². The molecule has 1 aromatic rings. The molecule has 2 unspecified atom stereocenters. The van der Waals surface area contributed by atoms with Crippen LogP contribution in [0.25, 0.3) is 0 Å². The lowest BCUT2D eigenvalue weighted by atomic mass is 10.1. The van der Waals surface area contributed by atoms with Crippen LogP contribution in [0.1, 0.15) is 25.8 Å². The molecule has 26 heavy (non-hydrogen) atoms. The fourth-order valence-electron chi connectivity index (χ4n) is 2.62. The minimum atomic E-state index is -4.01. The molecular weight excluding hydrogens is 357 g/mol. The molecular formula is C17H28N3O5P. The molecule has 0 aliphatic heterocycles. The van der Waals surface area contributed by atoms with Gasteiger partial charge < -0.3 is 15.3 Å². The van der Waals surface area contributed by atoms with E-state index >= 15 is 0 Å². The zero-order valence-corrected chi connectivity index (χ0v) is 16.2. The Morgan fingerprint density at radius 1 is 1.27 bits per heavy atom.